The van der Waals surface area contributed by atoms with E-state index in [1.165, 1.54) is 6.07 Å². The molecule has 0 spiro atoms. The molecule has 4 nitrogen and oxygen atoms in total. The Labute approximate surface area is 99.6 Å². The number of ether oxygens (including phenoxy) is 1. The first-order chi connectivity index (χ1) is 7.91. The number of nitro benzene ring substituents is 1. The van der Waals surface area contributed by atoms with Gasteiger partial charge in [-0.2, -0.15) is 4.39 Å². The monoisotopic (exact) mass is 241 g/mol. The quantitative estimate of drug-likeness (QED) is 0.587. The molecule has 0 fully saturated rings. The van der Waals surface area contributed by atoms with Gasteiger partial charge in [-0.1, -0.05) is 13.8 Å². The maximum atomic E-state index is 13.3. The highest BCUT2D eigenvalue weighted by Gasteiger charge is 2.14. The van der Waals surface area contributed by atoms with Gasteiger partial charge in [0.05, 0.1) is 17.6 Å². The zero-order chi connectivity index (χ0) is 13.0. The highest BCUT2D eigenvalue weighted by atomic mass is 19.1. The van der Waals surface area contributed by atoms with Crippen molar-refractivity contribution in [2.75, 3.05) is 0 Å². The van der Waals surface area contributed by atoms with Crippen LogP contribution >= 0.6 is 0 Å². The number of rotatable bonds is 5. The smallest absolute Gasteiger partial charge is 0.304 e. The molecule has 0 saturated carbocycles. The van der Waals surface area contributed by atoms with E-state index in [1.54, 1.807) is 0 Å². The predicted octanol–water partition coefficient (Wildman–Crippen LogP) is 3.30. The molecule has 0 saturated heterocycles. The molecule has 17 heavy (non-hydrogen) atoms. The van der Waals surface area contributed by atoms with Crippen molar-refractivity contribution >= 4 is 5.69 Å². The number of nitrogens with zero attached hydrogens (tertiary/aromatic N) is 1. The second-order valence-electron chi connectivity index (χ2n) is 4.30. The molecule has 1 unspecified atom stereocenters. The molecule has 1 rings (SSSR count). The van der Waals surface area contributed by atoms with Gasteiger partial charge in [-0.15, -0.1) is 0 Å². The average Bonchev–Trinajstić information content (AvgIpc) is 2.25. The molecule has 0 amide bonds. The fraction of sp³-hybridized carbons (Fsp3) is 0.500. The van der Waals surface area contributed by atoms with Gasteiger partial charge in [-0.25, -0.2) is 0 Å². The van der Waals surface area contributed by atoms with Crippen molar-refractivity contribution in [3.8, 4) is 0 Å². The number of halogens is 1. The van der Waals surface area contributed by atoms with Crippen molar-refractivity contribution in [1.29, 1.82) is 0 Å². The summed E-state index contributed by atoms with van der Waals surface area (Å²) in [5.41, 5.74) is 0.0891. The summed E-state index contributed by atoms with van der Waals surface area (Å²) in [5, 5.41) is 10.4. The summed E-state index contributed by atoms with van der Waals surface area (Å²) >= 11 is 0. The summed E-state index contributed by atoms with van der Waals surface area (Å²) < 4.78 is 18.8. The summed E-state index contributed by atoms with van der Waals surface area (Å²) in [6, 6.07) is 3.81. The lowest BCUT2D eigenvalue weighted by atomic mass is 10.1. The Balaban J connectivity index is 2.68. The van der Waals surface area contributed by atoms with E-state index in [2.05, 4.69) is 0 Å². The molecular weight excluding hydrogens is 225 g/mol. The topological polar surface area (TPSA) is 52.4 Å². The van der Waals surface area contributed by atoms with Crippen molar-refractivity contribution in [2.45, 2.75) is 33.5 Å². The van der Waals surface area contributed by atoms with Crippen LogP contribution in [0, 0.1) is 21.8 Å². The van der Waals surface area contributed by atoms with Gasteiger partial charge in [0.2, 0.25) is 5.82 Å². The predicted molar refractivity (Wildman–Crippen MR) is 62.1 cm³/mol. The van der Waals surface area contributed by atoms with Crippen LogP contribution in [0.2, 0.25) is 0 Å². The maximum Gasteiger partial charge on any atom is 0.304 e. The Morgan fingerprint density at radius 2 is 2.06 bits per heavy atom. The van der Waals surface area contributed by atoms with E-state index in [0.29, 0.717) is 11.5 Å². The molecule has 1 aromatic carbocycles. The minimum atomic E-state index is -0.826. The van der Waals surface area contributed by atoms with Crippen LogP contribution in [0.15, 0.2) is 18.2 Å². The molecule has 0 bridgehead atoms. The molecule has 94 valence electrons. The standard InChI is InChI=1S/C12H16FNO3/c1-8(2)9(3)17-7-10-4-5-12(14(15)16)11(13)6-10/h4-6,8-9H,7H2,1-3H3. The Morgan fingerprint density at radius 3 is 2.53 bits per heavy atom. The van der Waals surface area contributed by atoms with E-state index >= 15 is 0 Å². The van der Waals surface area contributed by atoms with Crippen molar-refractivity contribution in [3.63, 3.8) is 0 Å². The molecule has 0 heterocycles. The Kier molecular flexibility index (Phi) is 4.57. The molecule has 0 N–H and O–H groups in total. The highest BCUT2D eigenvalue weighted by molar-refractivity contribution is 5.34. The molecule has 0 aromatic heterocycles. The molecule has 0 aliphatic heterocycles. The van der Waals surface area contributed by atoms with Gasteiger partial charge in [-0.3, -0.25) is 10.1 Å². The van der Waals surface area contributed by atoms with Gasteiger partial charge < -0.3 is 4.74 Å². The fourth-order valence-electron chi connectivity index (χ4n) is 1.21. The summed E-state index contributed by atoms with van der Waals surface area (Å²) in [5.74, 6) is -0.453. The first-order valence-electron chi connectivity index (χ1n) is 5.46. The van der Waals surface area contributed by atoms with Crippen molar-refractivity contribution in [1.82, 2.24) is 0 Å². The van der Waals surface area contributed by atoms with Crippen molar-refractivity contribution < 1.29 is 14.1 Å². The minimum absolute atomic E-state index is 0.0632. The van der Waals surface area contributed by atoms with Crippen LogP contribution in [-0.2, 0) is 11.3 Å². The van der Waals surface area contributed by atoms with Gasteiger partial charge in [0.15, 0.2) is 0 Å². The Bertz CT molecular complexity index is 407. The van der Waals surface area contributed by atoms with Crippen LogP contribution in [0.5, 0.6) is 0 Å². The Hall–Kier alpha value is -1.49. The van der Waals surface area contributed by atoms with Gasteiger partial charge in [0.25, 0.3) is 0 Å². The van der Waals surface area contributed by atoms with Crippen LogP contribution in [0.1, 0.15) is 26.3 Å². The number of hydrogen-bond donors (Lipinski definition) is 0. The van der Waals surface area contributed by atoms with Crippen LogP contribution in [0.4, 0.5) is 10.1 Å². The third-order valence-electron chi connectivity index (χ3n) is 2.66. The summed E-state index contributed by atoms with van der Waals surface area (Å²) in [7, 11) is 0. The lowest BCUT2D eigenvalue weighted by Crippen LogP contribution is -2.15. The van der Waals surface area contributed by atoms with Crippen LogP contribution in [-0.4, -0.2) is 11.0 Å². The molecule has 5 heteroatoms. The molecule has 0 aliphatic carbocycles. The van der Waals surface area contributed by atoms with Crippen LogP contribution < -0.4 is 0 Å². The van der Waals surface area contributed by atoms with Gasteiger partial charge in [0.1, 0.15) is 0 Å². The lowest BCUT2D eigenvalue weighted by molar-refractivity contribution is -0.387. The second-order valence-corrected chi connectivity index (χ2v) is 4.30. The van der Waals surface area contributed by atoms with Crippen molar-refractivity contribution in [2.24, 2.45) is 5.92 Å². The number of nitro groups is 1. The summed E-state index contributed by atoms with van der Waals surface area (Å²) in [4.78, 5) is 9.68. The first kappa shape index (κ1) is 13.6. The van der Waals surface area contributed by atoms with Gasteiger partial charge in [0, 0.05) is 6.07 Å². The number of benzene rings is 1. The molecule has 1 atom stereocenters. The first-order valence-corrected chi connectivity index (χ1v) is 5.46. The zero-order valence-electron chi connectivity index (χ0n) is 10.1. The SMILES string of the molecule is CC(C)C(C)OCc1ccc([N+](=O)[O-])c(F)c1. The second kappa shape index (κ2) is 5.72. The van der Waals surface area contributed by atoms with Crippen LogP contribution in [0.3, 0.4) is 0 Å². The van der Waals surface area contributed by atoms with Gasteiger partial charge >= 0.3 is 5.69 Å². The maximum absolute atomic E-state index is 13.3. The molecular formula is C12H16FNO3. The summed E-state index contributed by atoms with van der Waals surface area (Å²) in [6.45, 7) is 6.25. The van der Waals surface area contributed by atoms with E-state index in [0.717, 1.165) is 12.1 Å². The Morgan fingerprint density at radius 1 is 1.41 bits per heavy atom. The molecule has 0 aliphatic rings. The molecule has 1 aromatic rings. The normalized spacial score (nSPS) is 12.8. The van der Waals surface area contributed by atoms with E-state index < -0.39 is 16.4 Å². The van der Waals surface area contributed by atoms with E-state index in [1.807, 2.05) is 20.8 Å². The van der Waals surface area contributed by atoms with E-state index in [4.69, 9.17) is 4.74 Å². The third-order valence-corrected chi connectivity index (χ3v) is 2.66. The van der Waals surface area contributed by atoms with Crippen LogP contribution in [0.25, 0.3) is 0 Å². The zero-order valence-corrected chi connectivity index (χ0v) is 10.1. The summed E-state index contributed by atoms with van der Waals surface area (Å²) in [6.07, 6.45) is 0.0632. The third kappa shape index (κ3) is 3.78. The van der Waals surface area contributed by atoms with E-state index in [-0.39, 0.29) is 12.7 Å². The highest BCUT2D eigenvalue weighted by Crippen LogP contribution is 2.19. The van der Waals surface area contributed by atoms with E-state index in [9.17, 15) is 14.5 Å². The van der Waals surface area contributed by atoms with Crippen molar-refractivity contribution in [3.05, 3.63) is 39.7 Å². The fourth-order valence-corrected chi connectivity index (χ4v) is 1.21. The lowest BCUT2D eigenvalue weighted by Gasteiger charge is -2.16. The minimum Gasteiger partial charge on any atom is -0.374 e. The number of hydrogen-bond acceptors (Lipinski definition) is 3. The largest absolute Gasteiger partial charge is 0.374 e. The molecule has 0 radical (unpaired) electrons. The average molecular weight is 241 g/mol. The van der Waals surface area contributed by atoms with Gasteiger partial charge in [-0.05, 0) is 30.5 Å².